The number of benzene rings is 4. The van der Waals surface area contributed by atoms with Crippen LogP contribution in [0.15, 0.2) is 130 Å². The number of ether oxygens (including phenoxy) is 1. The van der Waals surface area contributed by atoms with E-state index in [0.29, 0.717) is 16.7 Å². The number of thioether (sulfide) groups is 1. The third kappa shape index (κ3) is 6.02. The fourth-order valence-corrected chi connectivity index (χ4v) is 5.18. The molecule has 0 unspecified atom stereocenters. The summed E-state index contributed by atoms with van der Waals surface area (Å²) in [6, 6.07) is 30.2. The molecule has 0 atom stereocenters. The third-order valence-electron chi connectivity index (χ3n) is 6.77. The minimum Gasteiger partial charge on any atom is -0.490 e. The van der Waals surface area contributed by atoms with Gasteiger partial charge in [-0.15, -0.1) is 11.8 Å². The minimum atomic E-state index is -0.998. The lowest BCUT2D eigenvalue weighted by Gasteiger charge is -2.22. The number of aromatic nitrogens is 2. The van der Waals surface area contributed by atoms with E-state index in [9.17, 15) is 14.4 Å². The quantitative estimate of drug-likeness (QED) is 0.169. The van der Waals surface area contributed by atoms with Gasteiger partial charge in [0.2, 0.25) is 0 Å². The van der Waals surface area contributed by atoms with Gasteiger partial charge in [-0.05, 0) is 65.9 Å². The van der Waals surface area contributed by atoms with E-state index < -0.39 is 17.7 Å². The predicted molar refractivity (Wildman–Crippen MR) is 162 cm³/mol. The molecule has 8 heteroatoms. The summed E-state index contributed by atoms with van der Waals surface area (Å²) < 4.78 is 8.67. The van der Waals surface area contributed by atoms with Crippen LogP contribution in [-0.4, -0.2) is 33.1 Å². The van der Waals surface area contributed by atoms with Crippen molar-refractivity contribution in [1.82, 2.24) is 9.13 Å². The summed E-state index contributed by atoms with van der Waals surface area (Å²) in [5.41, 5.74) is 1.67. The van der Waals surface area contributed by atoms with Crippen LogP contribution < -0.4 is 16.0 Å². The van der Waals surface area contributed by atoms with Gasteiger partial charge in [-0.1, -0.05) is 66.7 Å². The van der Waals surface area contributed by atoms with Crippen molar-refractivity contribution in [2.45, 2.75) is 17.5 Å². The maximum absolute atomic E-state index is 14.2. The van der Waals surface area contributed by atoms with Gasteiger partial charge in [-0.3, -0.25) is 9.36 Å². The predicted octanol–water partition coefficient (Wildman–Crippen LogP) is 5.86. The number of rotatable bonds is 10. The van der Waals surface area contributed by atoms with Gasteiger partial charge in [0.15, 0.2) is 0 Å². The molecule has 0 radical (unpaired) electrons. The molecule has 1 heterocycles. The number of carboxylic acid groups (broad SMARTS) is 1. The van der Waals surface area contributed by atoms with Crippen molar-refractivity contribution in [3.05, 3.63) is 153 Å². The molecule has 206 valence electrons. The Bertz CT molecular complexity index is 1770. The molecule has 0 aliphatic carbocycles. The normalized spacial score (nSPS) is 11.4. The molecule has 0 aliphatic heterocycles. The molecule has 0 fully saturated rings. The van der Waals surface area contributed by atoms with Crippen LogP contribution >= 0.6 is 11.8 Å². The average Bonchev–Trinajstić information content (AvgIpc) is 3.01. The molecule has 0 spiro atoms. The van der Waals surface area contributed by atoms with Crippen LogP contribution in [0.4, 0.5) is 0 Å². The molecular formula is C33H28N2O5S. The zero-order chi connectivity index (χ0) is 28.8. The molecular weight excluding hydrogens is 536 g/mol. The van der Waals surface area contributed by atoms with Crippen molar-refractivity contribution in [3.8, 4) is 5.75 Å². The van der Waals surface area contributed by atoms with Gasteiger partial charge in [-0.25, -0.2) is 14.2 Å². The number of aromatic carboxylic acids is 1. The number of hydrogen-bond donors (Lipinski definition) is 1. The van der Waals surface area contributed by atoms with Gasteiger partial charge in [0.1, 0.15) is 12.4 Å². The van der Waals surface area contributed by atoms with Crippen molar-refractivity contribution in [2.75, 3.05) is 12.9 Å². The number of carbonyl (C=O) groups is 1. The lowest BCUT2D eigenvalue weighted by atomic mass is 9.98. The summed E-state index contributed by atoms with van der Waals surface area (Å²) in [5.74, 6) is -0.462. The first-order chi connectivity index (χ1) is 20.0. The number of fused-ring (bicyclic) bond motifs is 1. The molecule has 41 heavy (non-hydrogen) atoms. The van der Waals surface area contributed by atoms with Gasteiger partial charge in [-0.2, -0.15) is 0 Å². The molecule has 0 aliphatic rings. The topological polar surface area (TPSA) is 90.5 Å². The number of allylic oxidation sites excluding steroid dienone is 1. The first-order valence-corrected chi connectivity index (χ1v) is 14.2. The second-order valence-electron chi connectivity index (χ2n) is 9.29. The van der Waals surface area contributed by atoms with Gasteiger partial charge in [0, 0.05) is 11.4 Å². The molecule has 5 aromatic rings. The van der Waals surface area contributed by atoms with E-state index >= 15 is 0 Å². The van der Waals surface area contributed by atoms with E-state index in [0.717, 1.165) is 16.0 Å². The van der Waals surface area contributed by atoms with Gasteiger partial charge >= 0.3 is 11.7 Å². The monoisotopic (exact) mass is 564 g/mol. The summed E-state index contributed by atoms with van der Waals surface area (Å²) in [6.45, 7) is 0.455. The van der Waals surface area contributed by atoms with E-state index in [1.165, 1.54) is 16.7 Å². The molecule has 1 N–H and O–H groups in total. The number of nitrogens with zero attached hydrogens (tertiary/aromatic N) is 2. The highest BCUT2D eigenvalue weighted by Gasteiger charge is 2.23. The largest absolute Gasteiger partial charge is 0.490 e. The Labute approximate surface area is 241 Å². The van der Waals surface area contributed by atoms with Crippen molar-refractivity contribution in [3.63, 3.8) is 0 Å². The number of carboxylic acids is 1. The van der Waals surface area contributed by atoms with E-state index in [4.69, 9.17) is 9.84 Å². The highest BCUT2D eigenvalue weighted by atomic mass is 32.2. The summed E-state index contributed by atoms with van der Waals surface area (Å²) >= 11 is 1.54. The second kappa shape index (κ2) is 12.6. The van der Waals surface area contributed by atoms with Crippen LogP contribution in [0.2, 0.25) is 0 Å². The maximum atomic E-state index is 14.2. The second-order valence-corrected chi connectivity index (χ2v) is 10.2. The fraction of sp³-hybridized carbons (Fsp3) is 0.121. The SMILES string of the molecule is CSc1ccc2c(=O)n(C(c3ccccc3)c3ccccc3)c(=O)n(C/C=C/COc3ccc(C(=O)O)cc3)c2c1. The molecule has 4 aromatic carbocycles. The van der Waals surface area contributed by atoms with Crippen molar-refractivity contribution in [2.24, 2.45) is 0 Å². The zero-order valence-corrected chi connectivity index (χ0v) is 23.2. The Morgan fingerprint density at radius 2 is 1.51 bits per heavy atom. The van der Waals surface area contributed by atoms with Crippen LogP contribution in [0.25, 0.3) is 10.9 Å². The van der Waals surface area contributed by atoms with Crippen LogP contribution in [0.5, 0.6) is 5.75 Å². The van der Waals surface area contributed by atoms with Crippen LogP contribution in [0.1, 0.15) is 27.5 Å². The first kappa shape index (κ1) is 27.7. The average molecular weight is 565 g/mol. The Kier molecular flexibility index (Phi) is 8.50. The standard InChI is InChI=1S/C33H28N2O5S/c1-41-27-18-19-28-29(22-27)34(20-8-9-21-40-26-16-14-25(15-17-26)32(37)38)33(39)35(31(28)36)30(23-10-4-2-5-11-23)24-12-6-3-7-13-24/h2-19,22,30H,20-21H2,1H3,(H,37,38)/b9-8+. The van der Waals surface area contributed by atoms with Crippen LogP contribution in [-0.2, 0) is 6.54 Å². The molecule has 0 bridgehead atoms. The third-order valence-corrected chi connectivity index (χ3v) is 7.50. The summed E-state index contributed by atoms with van der Waals surface area (Å²) in [7, 11) is 0. The zero-order valence-electron chi connectivity index (χ0n) is 22.3. The Morgan fingerprint density at radius 1 is 0.878 bits per heavy atom. The Hall–Kier alpha value is -4.82. The van der Waals surface area contributed by atoms with E-state index in [-0.39, 0.29) is 24.3 Å². The number of hydrogen-bond acceptors (Lipinski definition) is 5. The Morgan fingerprint density at radius 3 is 2.10 bits per heavy atom. The van der Waals surface area contributed by atoms with Gasteiger partial charge in [0.05, 0.1) is 22.5 Å². The maximum Gasteiger partial charge on any atom is 0.335 e. The summed E-state index contributed by atoms with van der Waals surface area (Å²) in [5, 5.41) is 9.52. The summed E-state index contributed by atoms with van der Waals surface area (Å²) in [4.78, 5) is 40.1. The lowest BCUT2D eigenvalue weighted by Crippen LogP contribution is -2.43. The van der Waals surface area contributed by atoms with E-state index in [2.05, 4.69) is 0 Å². The van der Waals surface area contributed by atoms with Crippen molar-refractivity contribution < 1.29 is 14.6 Å². The Balaban J connectivity index is 1.55. The van der Waals surface area contributed by atoms with E-state index in [1.54, 1.807) is 40.6 Å². The minimum absolute atomic E-state index is 0.184. The van der Waals surface area contributed by atoms with Gasteiger partial charge in [0.25, 0.3) is 5.56 Å². The molecule has 7 nitrogen and oxygen atoms in total. The molecule has 0 saturated heterocycles. The molecule has 0 amide bonds. The fourth-order valence-electron chi connectivity index (χ4n) is 4.74. The summed E-state index contributed by atoms with van der Waals surface area (Å²) in [6.07, 6.45) is 5.57. The van der Waals surface area contributed by atoms with Gasteiger partial charge < -0.3 is 9.84 Å². The van der Waals surface area contributed by atoms with Crippen molar-refractivity contribution >= 4 is 28.6 Å². The van der Waals surface area contributed by atoms with Crippen LogP contribution in [0.3, 0.4) is 0 Å². The highest BCUT2D eigenvalue weighted by molar-refractivity contribution is 7.98. The highest BCUT2D eigenvalue weighted by Crippen LogP contribution is 2.26. The molecule has 5 rings (SSSR count). The molecule has 0 saturated carbocycles. The first-order valence-electron chi connectivity index (χ1n) is 13.0. The lowest BCUT2D eigenvalue weighted by molar-refractivity contribution is 0.0697. The molecule has 1 aromatic heterocycles. The smallest absolute Gasteiger partial charge is 0.335 e. The van der Waals surface area contributed by atoms with Crippen molar-refractivity contribution in [1.29, 1.82) is 0 Å². The van der Waals surface area contributed by atoms with E-state index in [1.807, 2.05) is 85.1 Å². The van der Waals surface area contributed by atoms with Crippen LogP contribution in [0, 0.1) is 0 Å².